The highest BCUT2D eigenvalue weighted by atomic mass is 35.5. The third-order valence-corrected chi connectivity index (χ3v) is 5.32. The van der Waals surface area contributed by atoms with Gasteiger partial charge in [0.25, 0.3) is 0 Å². The second-order valence-corrected chi connectivity index (χ2v) is 6.99. The third kappa shape index (κ3) is 3.24. The quantitative estimate of drug-likeness (QED) is 0.862. The van der Waals surface area contributed by atoms with Gasteiger partial charge in [-0.25, -0.2) is 4.98 Å². The van der Waals surface area contributed by atoms with E-state index in [4.69, 9.17) is 11.6 Å². The second-order valence-electron chi connectivity index (χ2n) is 5.73. The summed E-state index contributed by atoms with van der Waals surface area (Å²) in [7, 11) is 0. The van der Waals surface area contributed by atoms with Gasteiger partial charge in [-0.05, 0) is 18.9 Å². The zero-order valence-corrected chi connectivity index (χ0v) is 14.1. The minimum atomic E-state index is -0.908. The number of benzene rings is 1. The molecule has 0 saturated heterocycles. The van der Waals surface area contributed by atoms with Crippen molar-refractivity contribution < 1.29 is 4.79 Å². The lowest BCUT2D eigenvalue weighted by molar-refractivity contribution is -0.124. The molecule has 1 aromatic heterocycles. The highest BCUT2D eigenvalue weighted by molar-refractivity contribution is 7.14. The van der Waals surface area contributed by atoms with Gasteiger partial charge in [0.1, 0.15) is 5.41 Å². The van der Waals surface area contributed by atoms with Crippen LogP contribution in [-0.2, 0) is 4.79 Å². The highest BCUT2D eigenvalue weighted by Crippen LogP contribution is 2.37. The van der Waals surface area contributed by atoms with Gasteiger partial charge in [-0.2, -0.15) is 5.26 Å². The first-order chi connectivity index (χ1) is 11.1. The first-order valence-electron chi connectivity index (χ1n) is 7.58. The highest BCUT2D eigenvalue weighted by Gasteiger charge is 2.40. The van der Waals surface area contributed by atoms with Gasteiger partial charge in [0.15, 0.2) is 5.13 Å². The van der Waals surface area contributed by atoms with Gasteiger partial charge in [-0.1, -0.05) is 49.1 Å². The van der Waals surface area contributed by atoms with E-state index in [1.165, 1.54) is 11.3 Å². The van der Waals surface area contributed by atoms with Crippen LogP contribution in [0.25, 0.3) is 11.3 Å². The maximum absolute atomic E-state index is 12.5. The number of aromatic nitrogens is 1. The number of carbonyl (C=O) groups excluding carboxylic acids is 1. The van der Waals surface area contributed by atoms with Crippen LogP contribution in [0.4, 0.5) is 5.13 Å². The number of nitrogens with zero attached hydrogens (tertiary/aromatic N) is 2. The summed E-state index contributed by atoms with van der Waals surface area (Å²) in [5.41, 5.74) is 0.651. The number of nitrogens with one attached hydrogen (secondary N) is 1. The molecule has 1 saturated carbocycles. The number of halogens is 1. The summed E-state index contributed by atoms with van der Waals surface area (Å²) in [6.07, 6.45) is 4.17. The molecule has 0 spiro atoms. The lowest BCUT2D eigenvalue weighted by atomic mass is 9.74. The van der Waals surface area contributed by atoms with E-state index in [-0.39, 0.29) is 5.91 Å². The molecule has 1 heterocycles. The number of rotatable bonds is 3. The summed E-state index contributed by atoms with van der Waals surface area (Å²) < 4.78 is 0. The van der Waals surface area contributed by atoms with Gasteiger partial charge in [0.2, 0.25) is 5.91 Å². The van der Waals surface area contributed by atoms with Crippen molar-refractivity contribution in [3.63, 3.8) is 0 Å². The van der Waals surface area contributed by atoms with Crippen molar-refractivity contribution in [1.29, 1.82) is 5.26 Å². The van der Waals surface area contributed by atoms with Crippen molar-refractivity contribution in [2.45, 2.75) is 32.1 Å². The first-order valence-corrected chi connectivity index (χ1v) is 8.83. The van der Waals surface area contributed by atoms with Crippen LogP contribution in [0.3, 0.4) is 0 Å². The van der Waals surface area contributed by atoms with Crippen LogP contribution < -0.4 is 5.32 Å². The molecule has 1 aliphatic rings. The van der Waals surface area contributed by atoms with Gasteiger partial charge in [-0.3, -0.25) is 4.79 Å². The van der Waals surface area contributed by atoms with Crippen LogP contribution in [0.1, 0.15) is 32.1 Å². The number of nitriles is 1. The Labute approximate surface area is 144 Å². The Balaban J connectivity index is 1.78. The largest absolute Gasteiger partial charge is 0.301 e. The number of carbonyl (C=O) groups is 1. The van der Waals surface area contributed by atoms with E-state index in [2.05, 4.69) is 16.4 Å². The Bertz CT molecular complexity index is 759. The molecule has 0 aliphatic heterocycles. The van der Waals surface area contributed by atoms with E-state index in [1.807, 2.05) is 23.6 Å². The Morgan fingerprint density at radius 3 is 2.74 bits per heavy atom. The minimum absolute atomic E-state index is 0.236. The summed E-state index contributed by atoms with van der Waals surface area (Å²) in [6, 6.07) is 9.68. The van der Waals surface area contributed by atoms with E-state index in [9.17, 15) is 10.1 Å². The van der Waals surface area contributed by atoms with E-state index < -0.39 is 5.41 Å². The van der Waals surface area contributed by atoms with Crippen LogP contribution in [0.15, 0.2) is 29.6 Å². The molecular weight excluding hydrogens is 330 g/mol. The van der Waals surface area contributed by atoms with Crippen LogP contribution in [0.5, 0.6) is 0 Å². The summed E-state index contributed by atoms with van der Waals surface area (Å²) in [5.74, 6) is -0.236. The molecule has 2 aromatic rings. The molecule has 0 unspecified atom stereocenters. The molecule has 6 heteroatoms. The average molecular weight is 346 g/mol. The standard InChI is InChI=1S/C17H16ClN3OS/c18-13-7-3-2-6-12(13)14-10-23-16(20-14)21-15(22)17(11-19)8-4-1-5-9-17/h2-3,6-7,10H,1,4-5,8-9H2,(H,20,21,22). The van der Waals surface area contributed by atoms with Crippen LogP contribution >= 0.6 is 22.9 Å². The minimum Gasteiger partial charge on any atom is -0.301 e. The van der Waals surface area contributed by atoms with Crippen molar-refractivity contribution in [2.24, 2.45) is 5.41 Å². The van der Waals surface area contributed by atoms with E-state index in [0.717, 1.165) is 30.5 Å². The number of thiazole rings is 1. The molecule has 1 amide bonds. The topological polar surface area (TPSA) is 65.8 Å². The number of anilines is 1. The summed E-state index contributed by atoms with van der Waals surface area (Å²) >= 11 is 7.52. The Hall–Kier alpha value is -1.90. The Morgan fingerprint density at radius 2 is 2.04 bits per heavy atom. The molecule has 1 N–H and O–H groups in total. The van der Waals surface area contributed by atoms with Crippen LogP contribution in [0, 0.1) is 16.7 Å². The molecule has 1 fully saturated rings. The van der Waals surface area contributed by atoms with Crippen molar-refractivity contribution in [3.05, 3.63) is 34.7 Å². The summed E-state index contributed by atoms with van der Waals surface area (Å²) in [4.78, 5) is 17.0. The predicted octanol–water partition coefficient (Wildman–Crippen LogP) is 4.88. The maximum Gasteiger partial charge on any atom is 0.246 e. The smallest absolute Gasteiger partial charge is 0.246 e. The molecule has 1 aliphatic carbocycles. The van der Waals surface area contributed by atoms with E-state index in [0.29, 0.717) is 23.0 Å². The van der Waals surface area contributed by atoms with Crippen molar-refractivity contribution in [3.8, 4) is 17.3 Å². The van der Waals surface area contributed by atoms with Gasteiger partial charge >= 0.3 is 0 Å². The number of hydrogen-bond acceptors (Lipinski definition) is 4. The molecular formula is C17H16ClN3OS. The fourth-order valence-electron chi connectivity index (χ4n) is 2.89. The molecule has 0 atom stereocenters. The van der Waals surface area contributed by atoms with Crippen molar-refractivity contribution >= 4 is 34.0 Å². The fraction of sp³-hybridized carbons (Fsp3) is 0.353. The van der Waals surface area contributed by atoms with Crippen molar-refractivity contribution in [1.82, 2.24) is 4.98 Å². The summed E-state index contributed by atoms with van der Waals surface area (Å²) in [6.45, 7) is 0. The van der Waals surface area contributed by atoms with Gasteiger partial charge < -0.3 is 5.32 Å². The molecule has 1 aromatic carbocycles. The lowest BCUT2D eigenvalue weighted by Crippen LogP contribution is -2.36. The zero-order chi connectivity index (χ0) is 16.3. The Kier molecular flexibility index (Phi) is 4.65. The zero-order valence-electron chi connectivity index (χ0n) is 12.5. The normalized spacial score (nSPS) is 16.5. The SMILES string of the molecule is N#CC1(C(=O)Nc2nc(-c3ccccc3Cl)cs2)CCCCC1. The van der Waals surface area contributed by atoms with Gasteiger partial charge in [0.05, 0.1) is 11.8 Å². The molecule has 118 valence electrons. The lowest BCUT2D eigenvalue weighted by Gasteiger charge is -2.28. The molecule has 0 radical (unpaired) electrons. The maximum atomic E-state index is 12.5. The van der Waals surface area contributed by atoms with Crippen LogP contribution in [-0.4, -0.2) is 10.9 Å². The average Bonchev–Trinajstić information content (AvgIpc) is 3.04. The molecule has 0 bridgehead atoms. The molecule has 3 rings (SSSR count). The third-order valence-electron chi connectivity index (χ3n) is 4.23. The second kappa shape index (κ2) is 6.69. The summed E-state index contributed by atoms with van der Waals surface area (Å²) in [5, 5.41) is 15.3. The van der Waals surface area contributed by atoms with E-state index >= 15 is 0 Å². The van der Waals surface area contributed by atoms with Crippen LogP contribution in [0.2, 0.25) is 5.02 Å². The first kappa shape index (κ1) is 16.0. The number of hydrogen-bond donors (Lipinski definition) is 1. The van der Waals surface area contributed by atoms with Crippen molar-refractivity contribution in [2.75, 3.05) is 5.32 Å². The predicted molar refractivity (Wildman–Crippen MR) is 92.3 cm³/mol. The molecule has 4 nitrogen and oxygen atoms in total. The molecule has 23 heavy (non-hydrogen) atoms. The van der Waals surface area contributed by atoms with Gasteiger partial charge in [0, 0.05) is 16.0 Å². The monoisotopic (exact) mass is 345 g/mol. The van der Waals surface area contributed by atoms with E-state index in [1.54, 1.807) is 6.07 Å². The number of amides is 1. The van der Waals surface area contributed by atoms with Gasteiger partial charge in [-0.15, -0.1) is 11.3 Å². The Morgan fingerprint density at radius 1 is 1.30 bits per heavy atom. The fourth-order valence-corrected chi connectivity index (χ4v) is 3.82.